The summed E-state index contributed by atoms with van der Waals surface area (Å²) in [5.74, 6) is 2.26. The van der Waals surface area contributed by atoms with E-state index < -0.39 is 0 Å². The Morgan fingerprint density at radius 2 is 2.05 bits per heavy atom. The van der Waals surface area contributed by atoms with E-state index in [1.807, 2.05) is 6.07 Å². The topological polar surface area (TPSA) is 58.9 Å². The number of phenolic OH excluding ortho intramolecular Hbond substituents is 2. The highest BCUT2D eigenvalue weighted by Gasteiger charge is 2.23. The molecule has 4 nitrogen and oxygen atoms in total. The molecule has 1 aliphatic heterocycles. The molecule has 0 amide bonds. The summed E-state index contributed by atoms with van der Waals surface area (Å²) in [5, 5.41) is 19.3. The van der Waals surface area contributed by atoms with Crippen molar-refractivity contribution in [3.8, 4) is 23.0 Å². The average molecular weight is 290 g/mol. The van der Waals surface area contributed by atoms with Crippen LogP contribution in [-0.4, -0.2) is 23.1 Å². The van der Waals surface area contributed by atoms with Gasteiger partial charge in [-0.2, -0.15) is 0 Å². The minimum atomic E-state index is -0.131. The van der Waals surface area contributed by atoms with Gasteiger partial charge in [-0.05, 0) is 35.9 Å². The van der Waals surface area contributed by atoms with Crippen LogP contribution in [0.15, 0.2) is 41.3 Å². The van der Waals surface area contributed by atoms with Crippen molar-refractivity contribution in [2.75, 3.05) is 12.9 Å². The second-order valence-electron chi connectivity index (χ2n) is 4.48. The number of ether oxygens (including phenoxy) is 2. The van der Waals surface area contributed by atoms with E-state index in [9.17, 15) is 10.2 Å². The van der Waals surface area contributed by atoms with Gasteiger partial charge in [0.05, 0.1) is 12.0 Å². The number of thioether (sulfide) groups is 1. The summed E-state index contributed by atoms with van der Waals surface area (Å²) in [6.45, 7) is 0. The van der Waals surface area contributed by atoms with Crippen LogP contribution in [0.2, 0.25) is 0 Å². The zero-order valence-electron chi connectivity index (χ0n) is 10.9. The molecule has 2 N–H and O–H groups in total. The maximum absolute atomic E-state index is 9.83. The lowest BCUT2D eigenvalue weighted by atomic mass is 10.1. The molecule has 20 heavy (non-hydrogen) atoms. The van der Waals surface area contributed by atoms with E-state index in [0.29, 0.717) is 5.75 Å². The average Bonchev–Trinajstić information content (AvgIpc) is 2.46. The Labute approximate surface area is 121 Å². The molecule has 0 bridgehead atoms. The first kappa shape index (κ1) is 13.0. The van der Waals surface area contributed by atoms with Crippen molar-refractivity contribution in [3.05, 3.63) is 42.0 Å². The monoisotopic (exact) mass is 290 g/mol. The molecule has 1 aliphatic rings. The molecule has 0 aromatic heterocycles. The lowest BCUT2D eigenvalue weighted by Gasteiger charge is -2.26. The van der Waals surface area contributed by atoms with Crippen molar-refractivity contribution in [2.24, 2.45) is 0 Å². The summed E-state index contributed by atoms with van der Waals surface area (Å²) < 4.78 is 11.0. The van der Waals surface area contributed by atoms with Gasteiger partial charge in [0.15, 0.2) is 11.5 Å². The SMILES string of the molecule is COc1ccc([C@H]2CSc3cc(O)ccc3O2)cc1O. The van der Waals surface area contributed by atoms with Crippen LogP contribution in [0.5, 0.6) is 23.0 Å². The van der Waals surface area contributed by atoms with Gasteiger partial charge in [-0.25, -0.2) is 0 Å². The number of hydrogen-bond donors (Lipinski definition) is 2. The second kappa shape index (κ2) is 5.17. The zero-order valence-corrected chi connectivity index (χ0v) is 11.7. The van der Waals surface area contributed by atoms with E-state index >= 15 is 0 Å². The van der Waals surface area contributed by atoms with Crippen molar-refractivity contribution in [1.82, 2.24) is 0 Å². The maximum atomic E-state index is 9.83. The highest BCUT2D eigenvalue weighted by atomic mass is 32.2. The van der Waals surface area contributed by atoms with Crippen LogP contribution in [0.4, 0.5) is 0 Å². The van der Waals surface area contributed by atoms with Gasteiger partial charge in [0.25, 0.3) is 0 Å². The fourth-order valence-corrected chi connectivity index (χ4v) is 3.19. The zero-order chi connectivity index (χ0) is 14.1. The summed E-state index contributed by atoms with van der Waals surface area (Å²) in [4.78, 5) is 0.930. The van der Waals surface area contributed by atoms with Gasteiger partial charge in [0.2, 0.25) is 0 Å². The van der Waals surface area contributed by atoms with Crippen LogP contribution >= 0.6 is 11.8 Å². The van der Waals surface area contributed by atoms with Crippen LogP contribution in [0, 0.1) is 0 Å². The molecule has 5 heteroatoms. The Balaban J connectivity index is 1.86. The standard InChI is InChI=1S/C15H14O4S/c1-18-12-4-2-9(6-11(12)17)14-8-20-15-7-10(16)3-5-13(15)19-14/h2-7,14,16-17H,8H2,1H3/t14-/m1/s1. The number of phenols is 2. The van der Waals surface area contributed by atoms with E-state index in [-0.39, 0.29) is 17.6 Å². The molecular formula is C15H14O4S. The van der Waals surface area contributed by atoms with Crippen molar-refractivity contribution in [3.63, 3.8) is 0 Å². The summed E-state index contributed by atoms with van der Waals surface area (Å²) >= 11 is 1.62. The second-order valence-corrected chi connectivity index (χ2v) is 5.54. The summed E-state index contributed by atoms with van der Waals surface area (Å²) in [5.41, 5.74) is 0.898. The summed E-state index contributed by atoms with van der Waals surface area (Å²) in [7, 11) is 1.52. The molecular weight excluding hydrogens is 276 g/mol. The first-order valence-corrected chi connectivity index (χ1v) is 7.15. The van der Waals surface area contributed by atoms with E-state index in [1.165, 1.54) is 7.11 Å². The molecule has 0 radical (unpaired) electrons. The predicted molar refractivity (Wildman–Crippen MR) is 76.9 cm³/mol. The van der Waals surface area contributed by atoms with Crippen LogP contribution in [-0.2, 0) is 0 Å². The molecule has 3 rings (SSSR count). The third-order valence-corrected chi connectivity index (χ3v) is 4.26. The largest absolute Gasteiger partial charge is 0.508 e. The van der Waals surface area contributed by atoms with E-state index in [1.54, 1.807) is 42.1 Å². The van der Waals surface area contributed by atoms with Gasteiger partial charge < -0.3 is 19.7 Å². The molecule has 2 aromatic rings. The van der Waals surface area contributed by atoms with Crippen molar-refractivity contribution in [1.29, 1.82) is 0 Å². The Morgan fingerprint density at radius 1 is 1.20 bits per heavy atom. The Morgan fingerprint density at radius 3 is 2.80 bits per heavy atom. The number of hydrogen-bond acceptors (Lipinski definition) is 5. The highest BCUT2D eigenvalue weighted by Crippen LogP contribution is 2.42. The number of aromatic hydroxyl groups is 2. The molecule has 0 unspecified atom stereocenters. The first-order chi connectivity index (χ1) is 9.67. The van der Waals surface area contributed by atoms with Crippen LogP contribution in [0.25, 0.3) is 0 Å². The Hall–Kier alpha value is -2.01. The quantitative estimate of drug-likeness (QED) is 0.888. The first-order valence-electron chi connectivity index (χ1n) is 6.17. The van der Waals surface area contributed by atoms with Crippen molar-refractivity contribution >= 4 is 11.8 Å². The van der Waals surface area contributed by atoms with Crippen LogP contribution < -0.4 is 9.47 Å². The Kier molecular flexibility index (Phi) is 3.36. The van der Waals surface area contributed by atoms with E-state index in [0.717, 1.165) is 22.0 Å². The molecule has 0 fully saturated rings. The minimum absolute atomic E-state index is 0.107. The number of fused-ring (bicyclic) bond motifs is 1. The van der Waals surface area contributed by atoms with Crippen LogP contribution in [0.1, 0.15) is 11.7 Å². The maximum Gasteiger partial charge on any atom is 0.160 e. The number of benzene rings is 2. The fourth-order valence-electron chi connectivity index (χ4n) is 2.13. The molecule has 0 aliphatic carbocycles. The number of rotatable bonds is 2. The third-order valence-electron chi connectivity index (χ3n) is 3.16. The molecule has 2 aromatic carbocycles. The van der Waals surface area contributed by atoms with Crippen molar-refractivity contribution in [2.45, 2.75) is 11.0 Å². The van der Waals surface area contributed by atoms with Gasteiger partial charge >= 0.3 is 0 Å². The highest BCUT2D eigenvalue weighted by molar-refractivity contribution is 7.99. The van der Waals surface area contributed by atoms with E-state index in [2.05, 4.69) is 0 Å². The lowest BCUT2D eigenvalue weighted by Crippen LogP contribution is -2.14. The van der Waals surface area contributed by atoms with Gasteiger partial charge in [0.1, 0.15) is 17.6 Å². The minimum Gasteiger partial charge on any atom is -0.508 e. The Bertz CT molecular complexity index is 642. The van der Waals surface area contributed by atoms with Gasteiger partial charge in [0, 0.05) is 5.75 Å². The number of methoxy groups -OCH3 is 1. The molecule has 1 atom stereocenters. The van der Waals surface area contributed by atoms with Gasteiger partial charge in [-0.1, -0.05) is 6.07 Å². The normalized spacial score (nSPS) is 17.1. The third kappa shape index (κ3) is 2.36. The fraction of sp³-hybridized carbons (Fsp3) is 0.200. The summed E-state index contributed by atoms with van der Waals surface area (Å²) in [6.07, 6.45) is -0.131. The van der Waals surface area contributed by atoms with Crippen LogP contribution in [0.3, 0.4) is 0 Å². The molecule has 0 saturated heterocycles. The summed E-state index contributed by atoms with van der Waals surface area (Å²) in [6, 6.07) is 10.3. The molecule has 1 heterocycles. The van der Waals surface area contributed by atoms with E-state index in [4.69, 9.17) is 9.47 Å². The van der Waals surface area contributed by atoms with Gasteiger partial charge in [-0.3, -0.25) is 0 Å². The lowest BCUT2D eigenvalue weighted by molar-refractivity contribution is 0.219. The molecule has 0 spiro atoms. The smallest absolute Gasteiger partial charge is 0.160 e. The molecule has 0 saturated carbocycles. The molecule has 104 valence electrons. The van der Waals surface area contributed by atoms with Gasteiger partial charge in [-0.15, -0.1) is 11.8 Å². The predicted octanol–water partition coefficient (Wildman–Crippen LogP) is 3.33. The van der Waals surface area contributed by atoms with Crippen molar-refractivity contribution < 1.29 is 19.7 Å².